The quantitative estimate of drug-likeness (QED) is 0.237. The fourth-order valence-corrected chi connectivity index (χ4v) is 3.44. The van der Waals surface area contributed by atoms with Crippen molar-refractivity contribution in [1.29, 1.82) is 0 Å². The van der Waals surface area contributed by atoms with E-state index in [1.807, 2.05) is 6.07 Å². The minimum absolute atomic E-state index is 0.135. The first kappa shape index (κ1) is 18.5. The third kappa shape index (κ3) is 6.50. The van der Waals surface area contributed by atoms with Crippen LogP contribution in [-0.4, -0.2) is 8.42 Å². The minimum atomic E-state index is -3.89. The van der Waals surface area contributed by atoms with Crippen molar-refractivity contribution in [2.24, 2.45) is 4.52 Å². The van der Waals surface area contributed by atoms with Crippen molar-refractivity contribution in [1.82, 2.24) is 0 Å². The highest BCUT2D eigenvalue weighted by Gasteiger charge is 2.15. The van der Waals surface area contributed by atoms with E-state index in [9.17, 15) is 8.42 Å². The lowest BCUT2D eigenvalue weighted by Crippen LogP contribution is -2.01. The molecule has 0 fully saturated rings. The maximum absolute atomic E-state index is 11.9. The number of rotatable bonds is 11. The average molecular weight is 323 g/mol. The summed E-state index contributed by atoms with van der Waals surface area (Å²) >= 11 is 0. The molecule has 1 aromatic rings. The summed E-state index contributed by atoms with van der Waals surface area (Å²) in [5, 5.41) is 0. The summed E-state index contributed by atoms with van der Waals surface area (Å²) in [5.41, 5.74) is 9.10. The van der Waals surface area contributed by atoms with Gasteiger partial charge in [0.25, 0.3) is 10.0 Å². The Kier molecular flexibility index (Phi) is 8.63. The summed E-state index contributed by atoms with van der Waals surface area (Å²) in [6, 6.07) is 6.76. The van der Waals surface area contributed by atoms with Crippen molar-refractivity contribution in [3.63, 3.8) is 0 Å². The van der Waals surface area contributed by atoms with Gasteiger partial charge in [-0.3, -0.25) is 0 Å². The molecule has 0 aliphatic carbocycles. The van der Waals surface area contributed by atoms with Gasteiger partial charge in [-0.1, -0.05) is 70.1 Å². The SMILES string of the molecule is CCCCCCCCCCc1ccccc1S(=O)(=O)N=[N+]=[N-]. The molecule has 0 aliphatic rings. The van der Waals surface area contributed by atoms with Crippen LogP contribution in [0.4, 0.5) is 0 Å². The van der Waals surface area contributed by atoms with Gasteiger partial charge in [0, 0.05) is 9.43 Å². The lowest BCUT2D eigenvalue weighted by Gasteiger charge is -2.07. The first-order valence-corrected chi connectivity index (χ1v) is 9.45. The van der Waals surface area contributed by atoms with E-state index in [0.29, 0.717) is 6.42 Å². The molecular formula is C16H25N3O2S. The van der Waals surface area contributed by atoms with Gasteiger partial charge >= 0.3 is 0 Å². The van der Waals surface area contributed by atoms with Gasteiger partial charge in [-0.05, 0) is 30.0 Å². The Morgan fingerprint density at radius 1 is 1.00 bits per heavy atom. The Balaban J connectivity index is 2.45. The monoisotopic (exact) mass is 323 g/mol. The van der Waals surface area contributed by atoms with Crippen molar-refractivity contribution in [3.05, 3.63) is 40.3 Å². The van der Waals surface area contributed by atoms with E-state index in [2.05, 4.69) is 16.4 Å². The molecular weight excluding hydrogens is 298 g/mol. The standard InChI is InChI=1S/C16H25N3O2S/c1-2-3-4-5-6-7-8-9-12-15-13-10-11-14-16(15)22(20,21)19-18-17/h10-11,13-14H,2-9,12H2,1H3. The number of benzene rings is 1. The van der Waals surface area contributed by atoms with Crippen molar-refractivity contribution in [2.75, 3.05) is 0 Å². The highest BCUT2D eigenvalue weighted by molar-refractivity contribution is 7.90. The molecule has 1 rings (SSSR count). The summed E-state index contributed by atoms with van der Waals surface area (Å²) in [4.78, 5) is 2.54. The zero-order chi connectivity index (χ0) is 16.3. The average Bonchev–Trinajstić information content (AvgIpc) is 2.50. The third-order valence-electron chi connectivity index (χ3n) is 3.69. The Labute approximate surface area is 133 Å². The molecule has 0 amide bonds. The van der Waals surface area contributed by atoms with Crippen LogP contribution in [0, 0.1) is 0 Å². The van der Waals surface area contributed by atoms with Gasteiger partial charge in [-0.25, -0.2) is 8.42 Å². The second kappa shape index (κ2) is 10.2. The molecule has 0 saturated carbocycles. The van der Waals surface area contributed by atoms with E-state index < -0.39 is 10.0 Å². The zero-order valence-corrected chi connectivity index (χ0v) is 14.1. The van der Waals surface area contributed by atoms with E-state index in [-0.39, 0.29) is 4.90 Å². The number of sulfonamides is 1. The maximum atomic E-state index is 11.9. The van der Waals surface area contributed by atoms with Gasteiger partial charge in [0.1, 0.15) is 0 Å². The number of unbranched alkanes of at least 4 members (excludes halogenated alkanes) is 7. The van der Waals surface area contributed by atoms with Crippen LogP contribution in [0.15, 0.2) is 33.7 Å². The Morgan fingerprint density at radius 2 is 1.59 bits per heavy atom. The van der Waals surface area contributed by atoms with Crippen LogP contribution in [0.3, 0.4) is 0 Å². The maximum Gasteiger partial charge on any atom is 0.264 e. The first-order chi connectivity index (χ1) is 10.6. The predicted molar refractivity (Wildman–Crippen MR) is 89.1 cm³/mol. The van der Waals surface area contributed by atoms with E-state index in [4.69, 9.17) is 5.53 Å². The molecule has 0 unspecified atom stereocenters. The number of hydrogen-bond donors (Lipinski definition) is 0. The molecule has 0 saturated heterocycles. The van der Waals surface area contributed by atoms with E-state index in [1.165, 1.54) is 44.6 Å². The normalized spacial score (nSPS) is 11.1. The van der Waals surface area contributed by atoms with Gasteiger partial charge in [-0.15, -0.1) is 0 Å². The van der Waals surface area contributed by atoms with Gasteiger partial charge in [0.15, 0.2) is 0 Å². The van der Waals surface area contributed by atoms with Crippen LogP contribution in [0.25, 0.3) is 10.4 Å². The van der Waals surface area contributed by atoms with Crippen LogP contribution in [0.5, 0.6) is 0 Å². The van der Waals surface area contributed by atoms with Crippen LogP contribution in [0.2, 0.25) is 0 Å². The second-order valence-corrected chi connectivity index (χ2v) is 7.03. The number of hydrogen-bond acceptors (Lipinski definition) is 2. The van der Waals surface area contributed by atoms with Gasteiger partial charge < -0.3 is 0 Å². The topological polar surface area (TPSA) is 82.9 Å². The second-order valence-electron chi connectivity index (χ2n) is 5.48. The molecule has 0 radical (unpaired) electrons. The molecule has 0 aromatic heterocycles. The largest absolute Gasteiger partial charge is 0.264 e. The van der Waals surface area contributed by atoms with E-state index >= 15 is 0 Å². The molecule has 0 heterocycles. The Morgan fingerprint density at radius 3 is 2.23 bits per heavy atom. The smallest absolute Gasteiger partial charge is 0.216 e. The van der Waals surface area contributed by atoms with E-state index in [0.717, 1.165) is 18.4 Å². The highest BCUT2D eigenvalue weighted by Crippen LogP contribution is 2.20. The van der Waals surface area contributed by atoms with Crippen molar-refractivity contribution < 1.29 is 8.42 Å². The van der Waals surface area contributed by atoms with Crippen LogP contribution in [-0.2, 0) is 16.4 Å². The lowest BCUT2D eigenvalue weighted by molar-refractivity contribution is 0.573. The molecule has 6 heteroatoms. The minimum Gasteiger partial charge on any atom is -0.216 e. The molecule has 0 N–H and O–H groups in total. The summed E-state index contributed by atoms with van der Waals surface area (Å²) in [6.45, 7) is 2.21. The van der Waals surface area contributed by atoms with Crippen molar-refractivity contribution in [2.45, 2.75) is 69.6 Å². The Hall–Kier alpha value is -1.52. The van der Waals surface area contributed by atoms with Gasteiger partial charge in [0.2, 0.25) is 0 Å². The fourth-order valence-electron chi connectivity index (χ4n) is 2.50. The molecule has 0 atom stereocenters. The summed E-state index contributed by atoms with van der Waals surface area (Å²) in [7, 11) is -3.89. The first-order valence-electron chi connectivity index (χ1n) is 8.01. The molecule has 0 bridgehead atoms. The summed E-state index contributed by atoms with van der Waals surface area (Å²) in [5.74, 6) is 0. The number of aryl methyl sites for hydroxylation is 1. The molecule has 1 aromatic carbocycles. The predicted octanol–water partition coefficient (Wildman–Crippen LogP) is 5.37. The fraction of sp³-hybridized carbons (Fsp3) is 0.625. The molecule has 122 valence electrons. The van der Waals surface area contributed by atoms with Crippen LogP contribution in [0.1, 0.15) is 63.9 Å². The van der Waals surface area contributed by atoms with Crippen LogP contribution >= 0.6 is 0 Å². The molecule has 0 spiro atoms. The number of nitrogens with zero attached hydrogens (tertiary/aromatic N) is 3. The molecule has 5 nitrogen and oxygen atoms in total. The van der Waals surface area contributed by atoms with Crippen LogP contribution < -0.4 is 0 Å². The zero-order valence-electron chi connectivity index (χ0n) is 13.2. The Bertz CT molecular complexity index is 593. The van der Waals surface area contributed by atoms with Crippen molar-refractivity contribution >= 4 is 10.0 Å². The number of azide groups is 1. The van der Waals surface area contributed by atoms with Crippen molar-refractivity contribution in [3.8, 4) is 0 Å². The highest BCUT2D eigenvalue weighted by atomic mass is 32.2. The third-order valence-corrected chi connectivity index (χ3v) is 4.94. The summed E-state index contributed by atoms with van der Waals surface area (Å²) < 4.78 is 26.7. The lowest BCUT2D eigenvalue weighted by atomic mass is 10.0. The molecule has 0 aliphatic heterocycles. The summed E-state index contributed by atoms with van der Waals surface area (Å²) in [6.07, 6.45) is 10.4. The molecule has 22 heavy (non-hydrogen) atoms. The van der Waals surface area contributed by atoms with Gasteiger partial charge in [-0.2, -0.15) is 0 Å². The van der Waals surface area contributed by atoms with Gasteiger partial charge in [0.05, 0.1) is 4.90 Å². The van der Waals surface area contributed by atoms with E-state index in [1.54, 1.807) is 12.1 Å².